The second-order valence-corrected chi connectivity index (χ2v) is 5.81. The van der Waals surface area contributed by atoms with Crippen LogP contribution in [0.25, 0.3) is 22.2 Å². The number of halogens is 2. The predicted molar refractivity (Wildman–Crippen MR) is 92.8 cm³/mol. The maximum atomic E-state index is 14.3. The van der Waals surface area contributed by atoms with Gasteiger partial charge in [-0.1, -0.05) is 23.7 Å². The molecule has 0 saturated heterocycles. The van der Waals surface area contributed by atoms with Crippen LogP contribution < -0.4 is 5.49 Å². The Bertz CT molecular complexity index is 1070. The quantitative estimate of drug-likeness (QED) is 0.688. The number of aliphatic hydroxyl groups excluding tert-OH is 1. The Balaban J connectivity index is 2.42. The maximum absolute atomic E-state index is 14.3. The lowest BCUT2D eigenvalue weighted by atomic mass is 10.1. The number of methoxy groups -OCH3 is 1. The second-order valence-electron chi connectivity index (χ2n) is 5.37. The summed E-state index contributed by atoms with van der Waals surface area (Å²) in [5.41, 5.74) is -0.219. The lowest BCUT2D eigenvalue weighted by molar-refractivity contribution is -0.151. The van der Waals surface area contributed by atoms with E-state index in [2.05, 4.69) is 14.7 Å². The molecule has 0 amide bonds. The summed E-state index contributed by atoms with van der Waals surface area (Å²) < 4.78 is 18.8. The molecule has 6 nitrogen and oxygen atoms in total. The van der Waals surface area contributed by atoms with Crippen LogP contribution in [0.1, 0.15) is 11.8 Å². The number of esters is 1. The van der Waals surface area contributed by atoms with Crippen molar-refractivity contribution in [3.05, 3.63) is 64.5 Å². The van der Waals surface area contributed by atoms with Crippen LogP contribution >= 0.6 is 11.6 Å². The van der Waals surface area contributed by atoms with Gasteiger partial charge < -0.3 is 9.84 Å². The molecule has 0 fully saturated rings. The summed E-state index contributed by atoms with van der Waals surface area (Å²) in [6.45, 7) is 0. The van der Waals surface area contributed by atoms with E-state index in [1.807, 2.05) is 0 Å². The van der Waals surface area contributed by atoms with Gasteiger partial charge in [-0.05, 0) is 30.3 Å². The first-order valence-electron chi connectivity index (χ1n) is 7.49. The molecule has 8 heteroatoms. The third kappa shape index (κ3) is 3.26. The molecule has 0 radical (unpaired) electrons. The fourth-order valence-electron chi connectivity index (χ4n) is 2.48. The first kappa shape index (κ1) is 17.9. The molecular weight excluding hydrogens is 361 g/mol. The lowest BCUT2D eigenvalue weighted by Gasteiger charge is -2.05. The second kappa shape index (κ2) is 7.15. The van der Waals surface area contributed by atoms with Gasteiger partial charge in [0.25, 0.3) is 0 Å². The van der Waals surface area contributed by atoms with Crippen molar-refractivity contribution in [3.8, 4) is 11.3 Å². The first-order valence-corrected chi connectivity index (χ1v) is 7.87. The summed E-state index contributed by atoms with van der Waals surface area (Å²) in [6, 6.07) is 10.6. The number of carbonyl (C=O) groups excluding carboxylic acids is 1. The first-order chi connectivity index (χ1) is 12.4. The van der Waals surface area contributed by atoms with Gasteiger partial charge in [-0.25, -0.2) is 19.2 Å². The van der Waals surface area contributed by atoms with Crippen LogP contribution in [0, 0.1) is 11.2 Å². The topological polar surface area (TPSA) is 96.2 Å². The maximum Gasteiger partial charge on any atom is 0.341 e. The molecule has 0 saturated carbocycles. The van der Waals surface area contributed by atoms with Crippen molar-refractivity contribution >= 4 is 28.5 Å². The minimum absolute atomic E-state index is 0.126. The van der Waals surface area contributed by atoms with Crippen molar-refractivity contribution in [2.45, 2.75) is 6.10 Å². The standard InChI is InChI=1S/C18H13ClFN3O3/c1-26-18(25)16(24)15-17(21)23-14(10-4-2-3-5-12(10)20)11-8-9(19)6-7-13(11)22-15/h2-8,16,21,24H,1H3. The van der Waals surface area contributed by atoms with E-state index >= 15 is 0 Å². The predicted octanol–water partition coefficient (Wildman–Crippen LogP) is 2.78. The third-order valence-corrected chi connectivity index (χ3v) is 3.97. The number of aromatic nitrogens is 2. The molecule has 0 bridgehead atoms. The van der Waals surface area contributed by atoms with Crippen molar-refractivity contribution in [1.29, 1.82) is 5.41 Å². The summed E-state index contributed by atoms with van der Waals surface area (Å²) in [7, 11) is 1.11. The van der Waals surface area contributed by atoms with E-state index in [0.29, 0.717) is 10.4 Å². The number of rotatable bonds is 3. The van der Waals surface area contributed by atoms with Crippen LogP contribution in [0.4, 0.5) is 4.39 Å². The number of nitrogens with zero attached hydrogens (tertiary/aromatic N) is 2. The monoisotopic (exact) mass is 373 g/mol. The fraction of sp³-hybridized carbons (Fsp3) is 0.111. The minimum atomic E-state index is -1.79. The van der Waals surface area contributed by atoms with Crippen molar-refractivity contribution in [3.63, 3.8) is 0 Å². The SMILES string of the molecule is COC(=O)C(O)c1nc2ccc(Cl)cc2c(-c2ccccc2F)nc1=N. The fourth-order valence-corrected chi connectivity index (χ4v) is 2.65. The zero-order valence-electron chi connectivity index (χ0n) is 13.5. The molecule has 2 N–H and O–H groups in total. The zero-order chi connectivity index (χ0) is 18.8. The number of aliphatic hydroxyl groups is 1. The van der Waals surface area contributed by atoms with Crippen molar-refractivity contribution in [2.24, 2.45) is 0 Å². The molecule has 26 heavy (non-hydrogen) atoms. The molecule has 2 aromatic carbocycles. The molecule has 0 aliphatic rings. The number of ether oxygens (including phenoxy) is 1. The van der Waals surface area contributed by atoms with Gasteiger partial charge in [0.2, 0.25) is 0 Å². The van der Waals surface area contributed by atoms with Crippen LogP contribution in [0.3, 0.4) is 0 Å². The summed E-state index contributed by atoms with van der Waals surface area (Å²) in [4.78, 5) is 20.0. The Morgan fingerprint density at radius 1 is 1.27 bits per heavy atom. The van der Waals surface area contributed by atoms with Gasteiger partial charge in [0.1, 0.15) is 11.5 Å². The lowest BCUT2D eigenvalue weighted by Crippen LogP contribution is -2.23. The molecule has 0 aliphatic heterocycles. The highest BCUT2D eigenvalue weighted by molar-refractivity contribution is 6.31. The van der Waals surface area contributed by atoms with E-state index in [4.69, 9.17) is 17.0 Å². The van der Waals surface area contributed by atoms with Crippen LogP contribution in [0.15, 0.2) is 42.5 Å². The van der Waals surface area contributed by atoms with E-state index < -0.39 is 23.4 Å². The van der Waals surface area contributed by atoms with Crippen LogP contribution in [0.2, 0.25) is 5.02 Å². The molecule has 0 aliphatic carbocycles. The number of nitrogens with one attached hydrogen (secondary N) is 1. The number of carbonyl (C=O) groups is 1. The molecule has 1 aromatic heterocycles. The summed E-state index contributed by atoms with van der Waals surface area (Å²) in [5, 5.41) is 19.0. The van der Waals surface area contributed by atoms with E-state index in [1.54, 1.807) is 12.1 Å². The third-order valence-electron chi connectivity index (χ3n) is 3.73. The van der Waals surface area contributed by atoms with Gasteiger partial charge in [-0.3, -0.25) is 5.41 Å². The highest BCUT2D eigenvalue weighted by atomic mass is 35.5. The molecule has 3 aromatic rings. The van der Waals surface area contributed by atoms with Crippen molar-refractivity contribution in [1.82, 2.24) is 9.97 Å². The van der Waals surface area contributed by atoms with Crippen LogP contribution in [0.5, 0.6) is 0 Å². The van der Waals surface area contributed by atoms with Gasteiger partial charge in [0.15, 0.2) is 11.6 Å². The van der Waals surface area contributed by atoms with Gasteiger partial charge in [-0.15, -0.1) is 0 Å². The van der Waals surface area contributed by atoms with Crippen molar-refractivity contribution < 1.29 is 19.0 Å². The Labute approximate surface area is 152 Å². The van der Waals surface area contributed by atoms with Gasteiger partial charge >= 0.3 is 5.97 Å². The van der Waals surface area contributed by atoms with Gasteiger partial charge in [0, 0.05) is 16.0 Å². The van der Waals surface area contributed by atoms with E-state index in [1.165, 1.54) is 30.3 Å². The molecule has 1 unspecified atom stereocenters. The molecular formula is C18H13ClFN3O3. The number of fused-ring (bicyclic) bond motifs is 1. The average molecular weight is 374 g/mol. The Hall–Kier alpha value is -2.90. The molecule has 1 heterocycles. The summed E-state index contributed by atoms with van der Waals surface area (Å²) >= 11 is 6.06. The molecule has 1 atom stereocenters. The Kier molecular flexibility index (Phi) is 4.92. The largest absolute Gasteiger partial charge is 0.467 e. The highest BCUT2D eigenvalue weighted by Gasteiger charge is 2.23. The molecule has 0 spiro atoms. The van der Waals surface area contributed by atoms with Gasteiger partial charge in [0.05, 0.1) is 18.3 Å². The zero-order valence-corrected chi connectivity index (χ0v) is 14.3. The number of hydrogen-bond acceptors (Lipinski definition) is 6. The average Bonchev–Trinajstić information content (AvgIpc) is 2.77. The number of benzene rings is 2. The van der Waals surface area contributed by atoms with E-state index in [0.717, 1.165) is 7.11 Å². The van der Waals surface area contributed by atoms with Crippen LogP contribution in [-0.4, -0.2) is 28.2 Å². The van der Waals surface area contributed by atoms with Crippen LogP contribution in [-0.2, 0) is 9.53 Å². The summed E-state index contributed by atoms with van der Waals surface area (Å²) in [5.74, 6) is -1.52. The smallest absolute Gasteiger partial charge is 0.341 e. The molecule has 3 rings (SSSR count). The van der Waals surface area contributed by atoms with E-state index in [-0.39, 0.29) is 22.5 Å². The van der Waals surface area contributed by atoms with Crippen molar-refractivity contribution in [2.75, 3.05) is 7.11 Å². The number of hydrogen-bond donors (Lipinski definition) is 2. The molecule has 132 valence electrons. The minimum Gasteiger partial charge on any atom is -0.467 e. The highest BCUT2D eigenvalue weighted by Crippen LogP contribution is 2.29. The Morgan fingerprint density at radius 2 is 2.00 bits per heavy atom. The van der Waals surface area contributed by atoms with E-state index in [9.17, 15) is 14.3 Å². The Morgan fingerprint density at radius 3 is 2.69 bits per heavy atom. The normalized spacial score (nSPS) is 12.0. The van der Waals surface area contributed by atoms with Gasteiger partial charge in [-0.2, -0.15) is 0 Å². The summed E-state index contributed by atoms with van der Waals surface area (Å²) in [6.07, 6.45) is -1.79.